The summed E-state index contributed by atoms with van der Waals surface area (Å²) in [6.07, 6.45) is 2.13. The molecule has 1 N–H and O–H groups in total. The van der Waals surface area contributed by atoms with Gasteiger partial charge in [-0.25, -0.2) is 0 Å². The van der Waals surface area contributed by atoms with E-state index >= 15 is 0 Å². The predicted octanol–water partition coefficient (Wildman–Crippen LogP) is 4.36. The minimum absolute atomic E-state index is 0.237. The van der Waals surface area contributed by atoms with Gasteiger partial charge in [-0.05, 0) is 41.7 Å². The van der Waals surface area contributed by atoms with Crippen LogP contribution < -0.4 is 10.1 Å². The van der Waals surface area contributed by atoms with Crippen molar-refractivity contribution in [3.63, 3.8) is 0 Å². The molecule has 0 fully saturated rings. The zero-order chi connectivity index (χ0) is 13.9. The van der Waals surface area contributed by atoms with Gasteiger partial charge in [-0.2, -0.15) is 0 Å². The van der Waals surface area contributed by atoms with E-state index in [9.17, 15) is 0 Å². The van der Waals surface area contributed by atoms with Gasteiger partial charge in [0.2, 0.25) is 0 Å². The molecule has 3 rings (SSSR count). The van der Waals surface area contributed by atoms with Gasteiger partial charge in [-0.3, -0.25) is 0 Å². The summed E-state index contributed by atoms with van der Waals surface area (Å²) in [4.78, 5) is 0. The molecule has 0 aliphatic carbocycles. The summed E-state index contributed by atoms with van der Waals surface area (Å²) >= 11 is 0. The highest BCUT2D eigenvalue weighted by Gasteiger charge is 2.20. The molecule has 2 aromatic rings. The molecule has 0 aromatic heterocycles. The van der Waals surface area contributed by atoms with Crippen LogP contribution in [0.4, 0.5) is 5.69 Å². The maximum absolute atomic E-state index is 5.88. The van der Waals surface area contributed by atoms with Gasteiger partial charge < -0.3 is 10.1 Å². The average Bonchev–Trinajstić information content (AvgIpc) is 2.54. The number of anilines is 1. The largest absolute Gasteiger partial charge is 0.489 e. The summed E-state index contributed by atoms with van der Waals surface area (Å²) < 4.78 is 5.88. The molecule has 2 aromatic carbocycles. The van der Waals surface area contributed by atoms with E-state index in [-0.39, 0.29) is 6.04 Å². The second-order valence-electron chi connectivity index (χ2n) is 5.29. The Hall–Kier alpha value is -1.96. The zero-order valence-electron chi connectivity index (χ0n) is 12.1. The molecular formula is C18H21NO. The lowest BCUT2D eigenvalue weighted by molar-refractivity contribution is 0.286. The number of ether oxygens (including phenoxy) is 1. The van der Waals surface area contributed by atoms with Crippen LogP contribution in [0.5, 0.6) is 5.75 Å². The van der Waals surface area contributed by atoms with Crippen molar-refractivity contribution < 1.29 is 4.74 Å². The standard InChI is InChI=1S/C18H21NO/c1-3-13-5-8-15(9-6-13)17-12-20-18-10-7-14(4-2)11-16(18)19-17/h5-11,17,19H,3-4,12H2,1-2H3. The first-order valence-corrected chi connectivity index (χ1v) is 7.41. The molecule has 0 saturated heterocycles. The minimum Gasteiger partial charge on any atom is -0.489 e. The topological polar surface area (TPSA) is 21.3 Å². The number of nitrogens with one attached hydrogen (secondary N) is 1. The number of fused-ring (bicyclic) bond motifs is 1. The van der Waals surface area contributed by atoms with Crippen LogP contribution >= 0.6 is 0 Å². The van der Waals surface area contributed by atoms with E-state index in [4.69, 9.17) is 4.74 Å². The number of hydrogen-bond acceptors (Lipinski definition) is 2. The summed E-state index contributed by atoms with van der Waals surface area (Å²) in [6.45, 7) is 5.04. The van der Waals surface area contributed by atoms with Gasteiger partial charge in [0.05, 0.1) is 11.7 Å². The molecule has 1 aliphatic heterocycles. The summed E-state index contributed by atoms with van der Waals surface area (Å²) in [5.41, 5.74) is 5.11. The lowest BCUT2D eigenvalue weighted by Crippen LogP contribution is -2.24. The summed E-state index contributed by atoms with van der Waals surface area (Å²) in [7, 11) is 0. The van der Waals surface area contributed by atoms with Crippen LogP contribution in [0.25, 0.3) is 0 Å². The molecule has 2 nitrogen and oxygen atoms in total. The van der Waals surface area contributed by atoms with E-state index in [1.165, 1.54) is 16.7 Å². The first kappa shape index (κ1) is 13.0. The van der Waals surface area contributed by atoms with Crippen molar-refractivity contribution >= 4 is 5.69 Å². The second kappa shape index (κ2) is 5.58. The van der Waals surface area contributed by atoms with Gasteiger partial charge in [0.1, 0.15) is 12.4 Å². The van der Waals surface area contributed by atoms with Gasteiger partial charge in [0.15, 0.2) is 0 Å². The smallest absolute Gasteiger partial charge is 0.142 e. The molecule has 1 atom stereocenters. The fourth-order valence-electron chi connectivity index (χ4n) is 2.60. The van der Waals surface area contributed by atoms with Crippen molar-refractivity contribution in [3.8, 4) is 5.75 Å². The number of benzene rings is 2. The van der Waals surface area contributed by atoms with Crippen molar-refractivity contribution in [1.82, 2.24) is 0 Å². The van der Waals surface area contributed by atoms with E-state index in [1.807, 2.05) is 0 Å². The molecule has 0 spiro atoms. The third-order valence-corrected chi connectivity index (χ3v) is 3.98. The molecule has 1 aliphatic rings. The Balaban J connectivity index is 1.83. The van der Waals surface area contributed by atoms with Crippen LogP contribution in [0.15, 0.2) is 42.5 Å². The van der Waals surface area contributed by atoms with Crippen LogP contribution in [0, 0.1) is 0 Å². The average molecular weight is 267 g/mol. The highest BCUT2D eigenvalue weighted by atomic mass is 16.5. The van der Waals surface area contributed by atoms with Crippen LogP contribution in [0.3, 0.4) is 0 Å². The Labute approximate surface area is 120 Å². The van der Waals surface area contributed by atoms with E-state index < -0.39 is 0 Å². The first-order chi connectivity index (χ1) is 9.80. The second-order valence-corrected chi connectivity index (χ2v) is 5.29. The molecule has 0 amide bonds. The molecule has 1 heterocycles. The molecule has 2 heteroatoms. The van der Waals surface area contributed by atoms with E-state index in [2.05, 4.69) is 61.6 Å². The summed E-state index contributed by atoms with van der Waals surface area (Å²) in [6, 6.07) is 15.4. The minimum atomic E-state index is 0.237. The van der Waals surface area contributed by atoms with Gasteiger partial charge in [0, 0.05) is 0 Å². The third kappa shape index (κ3) is 2.51. The SMILES string of the molecule is CCc1ccc(C2COc3ccc(CC)cc3N2)cc1. The van der Waals surface area contributed by atoms with Gasteiger partial charge in [-0.15, -0.1) is 0 Å². The number of rotatable bonds is 3. The van der Waals surface area contributed by atoms with Gasteiger partial charge >= 0.3 is 0 Å². The molecule has 104 valence electrons. The van der Waals surface area contributed by atoms with Crippen molar-refractivity contribution in [1.29, 1.82) is 0 Å². The van der Waals surface area contributed by atoms with Gasteiger partial charge in [-0.1, -0.05) is 44.2 Å². The Morgan fingerprint density at radius 1 is 1.00 bits per heavy atom. The van der Waals surface area contributed by atoms with Crippen LogP contribution in [-0.4, -0.2) is 6.61 Å². The molecular weight excluding hydrogens is 246 g/mol. The Morgan fingerprint density at radius 2 is 1.70 bits per heavy atom. The fourth-order valence-corrected chi connectivity index (χ4v) is 2.60. The summed E-state index contributed by atoms with van der Waals surface area (Å²) in [5, 5.41) is 3.60. The monoisotopic (exact) mass is 267 g/mol. The normalized spacial score (nSPS) is 17.0. The quantitative estimate of drug-likeness (QED) is 0.892. The van der Waals surface area contributed by atoms with Crippen LogP contribution in [0.1, 0.15) is 36.6 Å². The lowest BCUT2D eigenvalue weighted by Gasteiger charge is -2.28. The van der Waals surface area contributed by atoms with Crippen molar-refractivity contribution in [3.05, 3.63) is 59.2 Å². The van der Waals surface area contributed by atoms with Crippen LogP contribution in [0.2, 0.25) is 0 Å². The van der Waals surface area contributed by atoms with E-state index in [0.29, 0.717) is 6.61 Å². The maximum atomic E-state index is 5.88. The Bertz CT molecular complexity index is 589. The van der Waals surface area contributed by atoms with Crippen LogP contribution in [-0.2, 0) is 12.8 Å². The Kier molecular flexibility index (Phi) is 3.64. The van der Waals surface area contributed by atoms with E-state index in [0.717, 1.165) is 24.3 Å². The highest BCUT2D eigenvalue weighted by molar-refractivity contribution is 5.60. The molecule has 0 bridgehead atoms. The molecule has 1 unspecified atom stereocenters. The first-order valence-electron chi connectivity index (χ1n) is 7.41. The highest BCUT2D eigenvalue weighted by Crippen LogP contribution is 2.34. The van der Waals surface area contributed by atoms with E-state index in [1.54, 1.807) is 0 Å². The molecule has 0 radical (unpaired) electrons. The van der Waals surface area contributed by atoms with Crippen molar-refractivity contribution in [2.24, 2.45) is 0 Å². The predicted molar refractivity (Wildman–Crippen MR) is 83.5 cm³/mol. The molecule has 0 saturated carbocycles. The molecule has 20 heavy (non-hydrogen) atoms. The summed E-state index contributed by atoms with van der Waals surface area (Å²) in [5.74, 6) is 0.962. The van der Waals surface area contributed by atoms with Gasteiger partial charge in [0.25, 0.3) is 0 Å². The maximum Gasteiger partial charge on any atom is 0.142 e. The van der Waals surface area contributed by atoms with Crippen molar-refractivity contribution in [2.45, 2.75) is 32.7 Å². The zero-order valence-corrected chi connectivity index (χ0v) is 12.1. The fraction of sp³-hybridized carbons (Fsp3) is 0.333. The van der Waals surface area contributed by atoms with Crippen molar-refractivity contribution in [2.75, 3.05) is 11.9 Å². The number of hydrogen-bond donors (Lipinski definition) is 1. The number of aryl methyl sites for hydroxylation is 2. The lowest BCUT2D eigenvalue weighted by atomic mass is 10.0. The third-order valence-electron chi connectivity index (χ3n) is 3.98. The Morgan fingerprint density at radius 3 is 2.40 bits per heavy atom.